The van der Waals surface area contributed by atoms with Crippen LogP contribution in [-0.4, -0.2) is 19.2 Å². The molecule has 2 fully saturated rings. The van der Waals surface area contributed by atoms with Gasteiger partial charge in [0, 0.05) is 18.2 Å². The standard InChI is InChI=1S/C18H26N2O2/c1-12(16-10-13-7-8-14(16)9-13)20-18(21)19-11-15-5-3-4-6-17(15)22-2/h3-6,12-14,16H,7-11H2,1-2H3,(H2,19,20,21). The first kappa shape index (κ1) is 15.2. The van der Waals surface area contributed by atoms with Gasteiger partial charge in [-0.3, -0.25) is 0 Å². The van der Waals surface area contributed by atoms with Gasteiger partial charge in [0.1, 0.15) is 5.75 Å². The van der Waals surface area contributed by atoms with Gasteiger partial charge in [-0.25, -0.2) is 4.79 Å². The SMILES string of the molecule is COc1ccccc1CNC(=O)NC(C)C1CC2CCC1C2. The molecule has 4 heteroatoms. The molecule has 0 saturated heterocycles. The van der Waals surface area contributed by atoms with Crippen LogP contribution in [0, 0.1) is 17.8 Å². The lowest BCUT2D eigenvalue weighted by Crippen LogP contribution is -2.45. The molecule has 2 bridgehead atoms. The summed E-state index contributed by atoms with van der Waals surface area (Å²) in [6.07, 6.45) is 5.41. The topological polar surface area (TPSA) is 50.4 Å². The molecule has 0 aliphatic heterocycles. The van der Waals surface area contributed by atoms with Gasteiger partial charge < -0.3 is 15.4 Å². The van der Waals surface area contributed by atoms with Crippen molar-refractivity contribution in [1.82, 2.24) is 10.6 Å². The van der Waals surface area contributed by atoms with Crippen LogP contribution in [0.5, 0.6) is 5.75 Å². The van der Waals surface area contributed by atoms with E-state index in [1.807, 2.05) is 24.3 Å². The average Bonchev–Trinajstić information content (AvgIpc) is 3.16. The molecule has 2 N–H and O–H groups in total. The Morgan fingerprint density at radius 2 is 2.14 bits per heavy atom. The highest BCUT2D eigenvalue weighted by molar-refractivity contribution is 5.74. The van der Waals surface area contributed by atoms with Crippen LogP contribution < -0.4 is 15.4 Å². The second kappa shape index (κ2) is 6.59. The molecule has 2 aliphatic carbocycles. The van der Waals surface area contributed by atoms with E-state index in [1.54, 1.807) is 7.11 Å². The van der Waals surface area contributed by atoms with Crippen LogP contribution in [-0.2, 0) is 6.54 Å². The van der Waals surface area contributed by atoms with Crippen molar-refractivity contribution in [3.05, 3.63) is 29.8 Å². The van der Waals surface area contributed by atoms with E-state index in [-0.39, 0.29) is 12.1 Å². The highest BCUT2D eigenvalue weighted by atomic mass is 16.5. The number of fused-ring (bicyclic) bond motifs is 2. The number of carbonyl (C=O) groups excluding carboxylic acids is 1. The molecular weight excluding hydrogens is 276 g/mol. The molecule has 2 saturated carbocycles. The Morgan fingerprint density at radius 3 is 2.82 bits per heavy atom. The number of methoxy groups -OCH3 is 1. The Hall–Kier alpha value is -1.71. The van der Waals surface area contributed by atoms with E-state index < -0.39 is 0 Å². The smallest absolute Gasteiger partial charge is 0.315 e. The second-order valence-electron chi connectivity index (χ2n) is 6.77. The van der Waals surface area contributed by atoms with E-state index in [2.05, 4.69) is 17.6 Å². The molecule has 120 valence electrons. The molecule has 1 aromatic carbocycles. The number of urea groups is 1. The molecule has 0 aromatic heterocycles. The average molecular weight is 302 g/mol. The number of amides is 2. The van der Waals surface area contributed by atoms with E-state index >= 15 is 0 Å². The van der Waals surface area contributed by atoms with E-state index in [4.69, 9.17) is 4.74 Å². The van der Waals surface area contributed by atoms with Crippen LogP contribution in [0.2, 0.25) is 0 Å². The first-order valence-corrected chi connectivity index (χ1v) is 8.33. The fourth-order valence-electron chi connectivity index (χ4n) is 4.30. The molecule has 2 aliphatic rings. The van der Waals surface area contributed by atoms with E-state index in [0.29, 0.717) is 12.5 Å². The summed E-state index contributed by atoms with van der Waals surface area (Å²) in [6.45, 7) is 2.63. The molecule has 22 heavy (non-hydrogen) atoms. The molecule has 1 aromatic rings. The Bertz CT molecular complexity index is 532. The maximum atomic E-state index is 12.1. The second-order valence-corrected chi connectivity index (χ2v) is 6.77. The number of benzene rings is 1. The zero-order chi connectivity index (χ0) is 15.5. The third kappa shape index (κ3) is 3.21. The van der Waals surface area contributed by atoms with Crippen molar-refractivity contribution >= 4 is 6.03 Å². The summed E-state index contributed by atoms with van der Waals surface area (Å²) in [4.78, 5) is 12.1. The molecular formula is C18H26N2O2. The zero-order valence-electron chi connectivity index (χ0n) is 13.5. The first-order valence-electron chi connectivity index (χ1n) is 8.33. The lowest BCUT2D eigenvalue weighted by molar-refractivity contribution is 0.220. The minimum Gasteiger partial charge on any atom is -0.496 e. The summed E-state index contributed by atoms with van der Waals surface area (Å²) in [6, 6.07) is 7.94. The van der Waals surface area contributed by atoms with E-state index in [9.17, 15) is 4.79 Å². The van der Waals surface area contributed by atoms with Crippen LogP contribution >= 0.6 is 0 Å². The molecule has 4 atom stereocenters. The van der Waals surface area contributed by atoms with Crippen molar-refractivity contribution in [3.63, 3.8) is 0 Å². The van der Waals surface area contributed by atoms with Crippen LogP contribution in [0.15, 0.2) is 24.3 Å². The normalized spacial score (nSPS) is 27.5. The Kier molecular flexibility index (Phi) is 4.55. The van der Waals surface area contributed by atoms with Gasteiger partial charge in [0.2, 0.25) is 0 Å². The molecule has 0 radical (unpaired) electrons. The fourth-order valence-corrected chi connectivity index (χ4v) is 4.30. The maximum Gasteiger partial charge on any atom is 0.315 e. The lowest BCUT2D eigenvalue weighted by Gasteiger charge is -2.28. The molecule has 4 unspecified atom stereocenters. The van der Waals surface area contributed by atoms with Gasteiger partial charge in [-0.1, -0.05) is 24.6 Å². The predicted molar refractivity (Wildman–Crippen MR) is 86.8 cm³/mol. The highest BCUT2D eigenvalue weighted by Crippen LogP contribution is 2.49. The minimum absolute atomic E-state index is 0.0822. The maximum absolute atomic E-state index is 12.1. The predicted octanol–water partition coefficient (Wildman–Crippen LogP) is 3.32. The van der Waals surface area contributed by atoms with E-state index in [0.717, 1.165) is 23.1 Å². The van der Waals surface area contributed by atoms with Crippen LogP contribution in [0.1, 0.15) is 38.2 Å². The van der Waals surface area contributed by atoms with Crippen molar-refractivity contribution in [1.29, 1.82) is 0 Å². The number of para-hydroxylation sites is 1. The third-order valence-electron chi connectivity index (χ3n) is 5.43. The molecule has 2 amide bonds. The fraction of sp³-hybridized carbons (Fsp3) is 0.611. The van der Waals surface area contributed by atoms with Gasteiger partial charge in [-0.05, 0) is 50.0 Å². The molecule has 0 spiro atoms. The molecule has 4 nitrogen and oxygen atoms in total. The van der Waals surface area contributed by atoms with Crippen molar-refractivity contribution < 1.29 is 9.53 Å². The number of ether oxygens (including phenoxy) is 1. The number of rotatable bonds is 5. The molecule has 3 rings (SSSR count). The Morgan fingerprint density at radius 1 is 1.32 bits per heavy atom. The number of hydrogen-bond donors (Lipinski definition) is 2. The summed E-state index contributed by atoms with van der Waals surface area (Å²) in [5, 5.41) is 6.07. The van der Waals surface area contributed by atoms with Gasteiger partial charge in [0.15, 0.2) is 0 Å². The number of carbonyl (C=O) groups is 1. The largest absolute Gasteiger partial charge is 0.496 e. The van der Waals surface area contributed by atoms with Gasteiger partial charge in [-0.2, -0.15) is 0 Å². The van der Waals surface area contributed by atoms with Crippen LogP contribution in [0.4, 0.5) is 4.79 Å². The van der Waals surface area contributed by atoms with Crippen molar-refractivity contribution in [2.75, 3.05) is 7.11 Å². The quantitative estimate of drug-likeness (QED) is 0.876. The zero-order valence-corrected chi connectivity index (χ0v) is 13.5. The Labute approximate surface area is 132 Å². The summed E-state index contributed by atoms with van der Waals surface area (Å²) in [5.74, 6) is 3.21. The van der Waals surface area contributed by atoms with Crippen molar-refractivity contribution in [2.24, 2.45) is 17.8 Å². The lowest BCUT2D eigenvalue weighted by atomic mass is 9.84. The first-order chi connectivity index (χ1) is 10.7. The monoisotopic (exact) mass is 302 g/mol. The van der Waals surface area contributed by atoms with Gasteiger partial charge in [0.05, 0.1) is 7.11 Å². The Balaban J connectivity index is 1.48. The van der Waals surface area contributed by atoms with Gasteiger partial charge in [-0.15, -0.1) is 0 Å². The third-order valence-corrected chi connectivity index (χ3v) is 5.43. The summed E-state index contributed by atoms with van der Waals surface area (Å²) in [5.41, 5.74) is 0.993. The minimum atomic E-state index is -0.0822. The van der Waals surface area contributed by atoms with Crippen molar-refractivity contribution in [3.8, 4) is 5.75 Å². The van der Waals surface area contributed by atoms with E-state index in [1.165, 1.54) is 25.7 Å². The summed E-state index contributed by atoms with van der Waals surface area (Å²) >= 11 is 0. The van der Waals surface area contributed by atoms with Gasteiger partial charge >= 0.3 is 6.03 Å². The number of hydrogen-bond acceptors (Lipinski definition) is 2. The van der Waals surface area contributed by atoms with Crippen LogP contribution in [0.3, 0.4) is 0 Å². The summed E-state index contributed by atoms with van der Waals surface area (Å²) < 4.78 is 5.30. The van der Waals surface area contributed by atoms with Crippen LogP contribution in [0.25, 0.3) is 0 Å². The highest BCUT2D eigenvalue weighted by Gasteiger charge is 2.42. The van der Waals surface area contributed by atoms with Gasteiger partial charge in [0.25, 0.3) is 0 Å². The summed E-state index contributed by atoms with van der Waals surface area (Å²) in [7, 11) is 1.65. The molecule has 0 heterocycles. The van der Waals surface area contributed by atoms with Crippen molar-refractivity contribution in [2.45, 2.75) is 45.2 Å². The number of nitrogens with one attached hydrogen (secondary N) is 2.